The molecule has 1 aromatic heterocycles. The van der Waals surface area contributed by atoms with Gasteiger partial charge in [-0.25, -0.2) is 14.2 Å². The zero-order chi connectivity index (χ0) is 24.3. The number of rotatable bonds is 6. The second-order valence-electron chi connectivity index (χ2n) is 7.30. The number of nitrogens with one attached hydrogen (secondary N) is 2. The van der Waals surface area contributed by atoms with Gasteiger partial charge in [-0.2, -0.15) is 13.2 Å². The monoisotopic (exact) mass is 477 g/mol. The summed E-state index contributed by atoms with van der Waals surface area (Å²) in [5.41, 5.74) is -2.77. The number of hydrogen-bond acceptors (Lipinski definition) is 5. The molecule has 11 heteroatoms. The molecule has 1 fully saturated rings. The van der Waals surface area contributed by atoms with Crippen LogP contribution in [0, 0.1) is 5.82 Å². The van der Waals surface area contributed by atoms with Crippen LogP contribution in [0.1, 0.15) is 12.0 Å². The lowest BCUT2D eigenvalue weighted by Crippen LogP contribution is -2.52. The molecule has 0 saturated carbocycles. The zero-order valence-corrected chi connectivity index (χ0v) is 17.8. The van der Waals surface area contributed by atoms with Crippen molar-refractivity contribution in [3.63, 3.8) is 0 Å². The third-order valence-electron chi connectivity index (χ3n) is 5.23. The van der Waals surface area contributed by atoms with Gasteiger partial charge in [0.1, 0.15) is 23.0 Å². The van der Waals surface area contributed by atoms with Crippen molar-refractivity contribution in [2.24, 2.45) is 0 Å². The molecule has 2 heterocycles. The second-order valence-corrected chi connectivity index (χ2v) is 7.30. The van der Waals surface area contributed by atoms with E-state index in [1.165, 1.54) is 61.8 Å². The minimum atomic E-state index is -4.66. The van der Waals surface area contributed by atoms with Crippen molar-refractivity contribution >= 4 is 17.4 Å². The Hall–Kier alpha value is -3.86. The number of urea groups is 1. The lowest BCUT2D eigenvalue weighted by Gasteiger charge is -2.43. The first kappa shape index (κ1) is 23.3. The predicted octanol–water partition coefficient (Wildman–Crippen LogP) is 5.84. The highest BCUT2D eigenvalue weighted by molar-refractivity contribution is 6.00. The van der Waals surface area contributed by atoms with Crippen molar-refractivity contribution in [3.05, 3.63) is 72.2 Å². The number of carbonyl (C=O) groups excluding carboxylic acids is 1. The van der Waals surface area contributed by atoms with Crippen molar-refractivity contribution in [2.75, 3.05) is 24.4 Å². The first-order chi connectivity index (χ1) is 16.2. The van der Waals surface area contributed by atoms with Gasteiger partial charge in [0.2, 0.25) is 5.88 Å². The van der Waals surface area contributed by atoms with E-state index in [0.29, 0.717) is 5.75 Å². The maximum absolute atomic E-state index is 14.0. The summed E-state index contributed by atoms with van der Waals surface area (Å²) in [6.07, 6.45) is -3.56. The molecule has 0 bridgehead atoms. The molecule has 1 unspecified atom stereocenters. The Morgan fingerprint density at radius 3 is 2.50 bits per heavy atom. The first-order valence-electron chi connectivity index (χ1n) is 10.1. The Labute approximate surface area is 191 Å². The van der Waals surface area contributed by atoms with Crippen LogP contribution in [0.15, 0.2) is 60.8 Å². The fraction of sp³-hybridized carbons (Fsp3) is 0.217. The van der Waals surface area contributed by atoms with E-state index in [0.717, 1.165) is 6.07 Å². The van der Waals surface area contributed by atoms with Crippen LogP contribution in [0.3, 0.4) is 0 Å². The van der Waals surface area contributed by atoms with Gasteiger partial charge < -0.3 is 24.8 Å². The van der Waals surface area contributed by atoms with E-state index in [9.17, 15) is 22.4 Å². The molecule has 3 aromatic rings. The maximum atomic E-state index is 14.0. The molecular formula is C23H19F4N3O4. The third kappa shape index (κ3) is 4.46. The van der Waals surface area contributed by atoms with E-state index in [4.69, 9.17) is 14.2 Å². The molecule has 0 aliphatic carbocycles. The van der Waals surface area contributed by atoms with E-state index in [1.54, 1.807) is 0 Å². The summed E-state index contributed by atoms with van der Waals surface area (Å²) in [7, 11) is 1.39. The lowest BCUT2D eigenvalue weighted by molar-refractivity contribution is -0.333. The summed E-state index contributed by atoms with van der Waals surface area (Å²) in [5.74, 6) is -0.644. The van der Waals surface area contributed by atoms with Gasteiger partial charge in [0.15, 0.2) is 5.60 Å². The normalized spacial score (nSPS) is 17.4. The number of methoxy groups -OCH3 is 1. The third-order valence-corrected chi connectivity index (χ3v) is 5.23. The molecule has 1 aliphatic rings. The molecule has 1 saturated heterocycles. The van der Waals surface area contributed by atoms with Crippen LogP contribution in [0.5, 0.6) is 17.4 Å². The van der Waals surface area contributed by atoms with Crippen LogP contribution >= 0.6 is 0 Å². The smallest absolute Gasteiger partial charge is 0.421 e. The van der Waals surface area contributed by atoms with E-state index in [1.807, 2.05) is 0 Å². The van der Waals surface area contributed by atoms with Crippen molar-refractivity contribution < 1.29 is 36.6 Å². The number of alkyl halides is 3. The molecule has 4 rings (SSSR count). The van der Waals surface area contributed by atoms with Crippen LogP contribution in [0.25, 0.3) is 0 Å². The van der Waals surface area contributed by atoms with Crippen LogP contribution in [-0.4, -0.2) is 30.9 Å². The van der Waals surface area contributed by atoms with Crippen molar-refractivity contribution in [3.8, 4) is 17.4 Å². The fourth-order valence-electron chi connectivity index (χ4n) is 3.46. The molecule has 0 spiro atoms. The highest BCUT2D eigenvalue weighted by Gasteiger charge is 2.62. The molecular weight excluding hydrogens is 458 g/mol. The topological polar surface area (TPSA) is 81.7 Å². The Morgan fingerprint density at radius 1 is 1.09 bits per heavy atom. The van der Waals surface area contributed by atoms with E-state index in [2.05, 4.69) is 15.6 Å². The summed E-state index contributed by atoms with van der Waals surface area (Å²) in [4.78, 5) is 16.5. The van der Waals surface area contributed by atoms with Gasteiger partial charge in [-0.3, -0.25) is 0 Å². The summed E-state index contributed by atoms with van der Waals surface area (Å²) in [6, 6.07) is 11.5. The lowest BCUT2D eigenvalue weighted by atomic mass is 9.85. The number of para-hydroxylation sites is 1. The number of benzene rings is 2. The average Bonchev–Trinajstić information content (AvgIpc) is 2.76. The van der Waals surface area contributed by atoms with Gasteiger partial charge >= 0.3 is 12.2 Å². The second kappa shape index (κ2) is 9.18. The largest absolute Gasteiger partial charge is 0.497 e. The number of ether oxygens (including phenoxy) is 3. The number of nitrogens with zero attached hydrogens (tertiary/aromatic N) is 1. The van der Waals surface area contributed by atoms with Gasteiger partial charge in [0, 0.05) is 24.2 Å². The quantitative estimate of drug-likeness (QED) is 0.436. The molecule has 7 nitrogen and oxygen atoms in total. The molecule has 0 radical (unpaired) electrons. The van der Waals surface area contributed by atoms with Crippen molar-refractivity contribution in [2.45, 2.75) is 18.2 Å². The van der Waals surface area contributed by atoms with Gasteiger partial charge in [-0.05, 0) is 30.3 Å². The van der Waals surface area contributed by atoms with Crippen LogP contribution in [0.2, 0.25) is 0 Å². The minimum absolute atomic E-state index is 0.0365. The van der Waals surface area contributed by atoms with Gasteiger partial charge in [-0.1, -0.05) is 18.2 Å². The Kier molecular flexibility index (Phi) is 6.29. The molecule has 2 aromatic carbocycles. The van der Waals surface area contributed by atoms with Crippen LogP contribution in [0.4, 0.5) is 33.7 Å². The SMILES string of the molecule is COc1ccc(F)c(NC(=O)Nc2cccnc2Oc2ccccc2C2(C(F)(F)F)CCO2)c1. The fourth-order valence-corrected chi connectivity index (χ4v) is 3.46. The van der Waals surface area contributed by atoms with E-state index < -0.39 is 23.6 Å². The molecule has 178 valence electrons. The van der Waals surface area contributed by atoms with Crippen molar-refractivity contribution in [1.82, 2.24) is 4.98 Å². The van der Waals surface area contributed by atoms with E-state index >= 15 is 0 Å². The molecule has 2 N–H and O–H groups in total. The maximum Gasteiger partial charge on any atom is 0.421 e. The number of carbonyl (C=O) groups is 1. The highest BCUT2D eigenvalue weighted by Crippen LogP contribution is 2.53. The minimum Gasteiger partial charge on any atom is -0.497 e. The summed E-state index contributed by atoms with van der Waals surface area (Å²) in [6.45, 7) is -0.0365. The Bertz CT molecular complexity index is 1200. The highest BCUT2D eigenvalue weighted by atomic mass is 19.4. The summed E-state index contributed by atoms with van der Waals surface area (Å²) in [5, 5.41) is 4.80. The van der Waals surface area contributed by atoms with Crippen LogP contribution < -0.4 is 20.1 Å². The van der Waals surface area contributed by atoms with Gasteiger partial charge in [-0.15, -0.1) is 0 Å². The van der Waals surface area contributed by atoms with E-state index in [-0.39, 0.29) is 41.6 Å². The average molecular weight is 477 g/mol. The summed E-state index contributed by atoms with van der Waals surface area (Å²) >= 11 is 0. The number of amides is 2. The Morgan fingerprint density at radius 2 is 1.82 bits per heavy atom. The first-order valence-corrected chi connectivity index (χ1v) is 10.1. The number of aromatic nitrogens is 1. The van der Waals surface area contributed by atoms with Crippen molar-refractivity contribution in [1.29, 1.82) is 0 Å². The molecule has 34 heavy (non-hydrogen) atoms. The number of anilines is 2. The van der Waals surface area contributed by atoms with Gasteiger partial charge in [0.05, 0.1) is 19.4 Å². The number of hydrogen-bond donors (Lipinski definition) is 2. The Balaban J connectivity index is 1.58. The summed E-state index contributed by atoms with van der Waals surface area (Å²) < 4.78 is 71.1. The molecule has 2 amide bonds. The standard InChI is InChI=1S/C23H19F4N3O4/c1-32-14-8-9-16(24)18(13-14)30-21(31)29-17-6-4-11-28-20(17)34-19-7-3-2-5-15(19)22(10-12-33-22)23(25,26)27/h2-9,11,13H,10,12H2,1H3,(H2,29,30,31). The molecule has 1 aliphatic heterocycles. The molecule has 1 atom stereocenters. The van der Waals surface area contributed by atoms with Crippen LogP contribution in [-0.2, 0) is 10.3 Å². The number of halogens is 4. The zero-order valence-electron chi connectivity index (χ0n) is 17.8. The van der Waals surface area contributed by atoms with Gasteiger partial charge in [0.25, 0.3) is 0 Å². The number of pyridine rings is 1. The predicted molar refractivity (Wildman–Crippen MR) is 115 cm³/mol.